The second-order valence-corrected chi connectivity index (χ2v) is 5.18. The van der Waals surface area contributed by atoms with E-state index in [2.05, 4.69) is 11.8 Å². The molecule has 0 aliphatic carbocycles. The van der Waals surface area contributed by atoms with Crippen LogP contribution in [0.3, 0.4) is 0 Å². The van der Waals surface area contributed by atoms with Gasteiger partial charge in [0.2, 0.25) is 0 Å². The molecule has 122 valence electrons. The molecule has 0 aromatic heterocycles. The van der Waals surface area contributed by atoms with Crippen molar-refractivity contribution in [1.82, 2.24) is 0 Å². The molecule has 0 bridgehead atoms. The molecule has 0 unspecified atom stereocenters. The molecule has 0 aliphatic heterocycles. The van der Waals surface area contributed by atoms with Gasteiger partial charge >= 0.3 is 11.9 Å². The molecule has 5 heteroatoms. The topological polar surface area (TPSA) is 94.8 Å². The van der Waals surface area contributed by atoms with Crippen LogP contribution in [0, 0.1) is 17.8 Å². The number of carboxylic acid groups (broad SMARTS) is 2. The monoisotopic (exact) mass is 324 g/mol. The highest BCUT2D eigenvalue weighted by Gasteiger charge is 2.31. The number of carbonyl (C=O) groups is 2. The highest BCUT2D eigenvalue weighted by Crippen LogP contribution is 2.19. The summed E-state index contributed by atoms with van der Waals surface area (Å²) in [5.74, 6) is 0.986. The molecular formula is C19H16O5. The Labute approximate surface area is 139 Å². The van der Waals surface area contributed by atoms with Crippen molar-refractivity contribution in [2.45, 2.75) is 12.5 Å². The van der Waals surface area contributed by atoms with Gasteiger partial charge in [-0.1, -0.05) is 54.3 Å². The Kier molecular flexibility index (Phi) is 5.72. The molecule has 24 heavy (non-hydrogen) atoms. The van der Waals surface area contributed by atoms with Crippen LogP contribution in [0.5, 0.6) is 0 Å². The fourth-order valence-electron chi connectivity index (χ4n) is 2.15. The zero-order valence-corrected chi connectivity index (χ0v) is 12.7. The van der Waals surface area contributed by atoms with E-state index in [0.29, 0.717) is 5.56 Å². The fourth-order valence-corrected chi connectivity index (χ4v) is 2.15. The van der Waals surface area contributed by atoms with Crippen LogP contribution < -0.4 is 0 Å². The van der Waals surface area contributed by atoms with Crippen molar-refractivity contribution in [3.8, 4) is 23.0 Å². The first-order chi connectivity index (χ1) is 11.5. The third kappa shape index (κ3) is 4.45. The first-order valence-electron chi connectivity index (χ1n) is 7.27. The van der Waals surface area contributed by atoms with Gasteiger partial charge in [-0.2, -0.15) is 0 Å². The van der Waals surface area contributed by atoms with E-state index in [1.807, 2.05) is 42.5 Å². The lowest BCUT2D eigenvalue weighted by Gasteiger charge is -2.11. The molecular weight excluding hydrogens is 308 g/mol. The molecule has 2 aromatic rings. The Morgan fingerprint density at radius 1 is 0.875 bits per heavy atom. The number of hydrogen-bond acceptors (Lipinski definition) is 3. The van der Waals surface area contributed by atoms with E-state index in [0.717, 1.165) is 11.1 Å². The third-order valence-electron chi connectivity index (χ3n) is 3.50. The van der Waals surface area contributed by atoms with E-state index in [1.54, 1.807) is 12.1 Å². The number of aliphatic hydroxyl groups is 1. The Bertz CT molecular complexity index is 769. The third-order valence-corrected chi connectivity index (χ3v) is 3.50. The van der Waals surface area contributed by atoms with E-state index >= 15 is 0 Å². The number of rotatable bonds is 5. The summed E-state index contributed by atoms with van der Waals surface area (Å²) in [4.78, 5) is 21.7. The predicted octanol–water partition coefficient (Wildman–Crippen LogP) is 2.24. The van der Waals surface area contributed by atoms with Gasteiger partial charge < -0.3 is 15.3 Å². The maximum absolute atomic E-state index is 11.0. The van der Waals surface area contributed by atoms with Gasteiger partial charge in [-0.3, -0.25) is 4.79 Å². The van der Waals surface area contributed by atoms with Crippen LogP contribution in [0.1, 0.15) is 12.0 Å². The molecule has 0 saturated heterocycles. The number of benzene rings is 2. The summed E-state index contributed by atoms with van der Waals surface area (Å²) in [6.45, 7) is 0. The lowest BCUT2D eigenvalue weighted by atomic mass is 9.98. The van der Waals surface area contributed by atoms with Crippen molar-refractivity contribution in [1.29, 1.82) is 0 Å². The van der Waals surface area contributed by atoms with E-state index in [-0.39, 0.29) is 6.42 Å². The van der Waals surface area contributed by atoms with Crippen LogP contribution in [0.2, 0.25) is 0 Å². The Morgan fingerprint density at radius 2 is 1.46 bits per heavy atom. The minimum Gasteiger partial charge on any atom is -0.481 e. The highest BCUT2D eigenvalue weighted by molar-refractivity contribution is 5.81. The zero-order chi connectivity index (χ0) is 17.5. The largest absolute Gasteiger partial charge is 0.481 e. The molecule has 2 rings (SSSR count). The molecule has 2 atom stereocenters. The minimum absolute atomic E-state index is 0.247. The Morgan fingerprint density at radius 3 is 2.00 bits per heavy atom. The van der Waals surface area contributed by atoms with Crippen molar-refractivity contribution >= 4 is 11.9 Å². The van der Waals surface area contributed by atoms with Crippen molar-refractivity contribution in [3.63, 3.8) is 0 Å². The maximum Gasteiger partial charge on any atom is 0.333 e. The first-order valence-corrected chi connectivity index (χ1v) is 7.27. The van der Waals surface area contributed by atoms with Gasteiger partial charge in [0.15, 0.2) is 6.10 Å². The van der Waals surface area contributed by atoms with Crippen LogP contribution in [0.15, 0.2) is 54.6 Å². The summed E-state index contributed by atoms with van der Waals surface area (Å²) in [5.41, 5.74) is 2.79. The van der Waals surface area contributed by atoms with Crippen LogP contribution >= 0.6 is 0 Å². The van der Waals surface area contributed by atoms with Crippen molar-refractivity contribution in [2.24, 2.45) is 5.92 Å². The molecule has 0 heterocycles. The van der Waals surface area contributed by atoms with Crippen LogP contribution in [-0.4, -0.2) is 33.4 Å². The summed E-state index contributed by atoms with van der Waals surface area (Å²) in [5, 5.41) is 27.0. The molecule has 0 radical (unpaired) electrons. The number of hydrogen-bond donors (Lipinski definition) is 3. The van der Waals surface area contributed by atoms with E-state index in [9.17, 15) is 14.7 Å². The lowest BCUT2D eigenvalue weighted by molar-refractivity contribution is -0.159. The molecule has 5 nitrogen and oxygen atoms in total. The smallest absolute Gasteiger partial charge is 0.333 e. The van der Waals surface area contributed by atoms with Crippen LogP contribution in [0.4, 0.5) is 0 Å². The fraction of sp³-hybridized carbons (Fsp3) is 0.158. The van der Waals surface area contributed by atoms with Crippen molar-refractivity contribution in [3.05, 3.63) is 60.2 Å². The summed E-state index contributed by atoms with van der Waals surface area (Å²) < 4.78 is 0. The maximum atomic E-state index is 11.0. The molecule has 3 N–H and O–H groups in total. The summed E-state index contributed by atoms with van der Waals surface area (Å²) in [6, 6.07) is 17.2. The summed E-state index contributed by atoms with van der Waals surface area (Å²) in [7, 11) is 0. The predicted molar refractivity (Wildman–Crippen MR) is 88.1 cm³/mol. The molecule has 0 aliphatic rings. The first kappa shape index (κ1) is 17.3. The van der Waals surface area contributed by atoms with Gasteiger partial charge in [0, 0.05) is 12.0 Å². The minimum atomic E-state index is -1.97. The molecule has 0 spiro atoms. The molecule has 2 aromatic carbocycles. The molecule has 0 fully saturated rings. The van der Waals surface area contributed by atoms with Gasteiger partial charge in [0.25, 0.3) is 0 Å². The van der Waals surface area contributed by atoms with E-state index in [1.165, 1.54) is 0 Å². The quantitative estimate of drug-likeness (QED) is 0.733. The van der Waals surface area contributed by atoms with Gasteiger partial charge in [0.05, 0.1) is 0 Å². The summed E-state index contributed by atoms with van der Waals surface area (Å²) >= 11 is 0. The Balaban J connectivity index is 2.08. The molecule has 0 amide bonds. The average Bonchev–Trinajstić information content (AvgIpc) is 2.59. The lowest BCUT2D eigenvalue weighted by Crippen LogP contribution is -2.34. The van der Waals surface area contributed by atoms with Gasteiger partial charge in [-0.05, 0) is 23.3 Å². The van der Waals surface area contributed by atoms with E-state index < -0.39 is 24.0 Å². The van der Waals surface area contributed by atoms with Crippen LogP contribution in [-0.2, 0) is 9.59 Å². The van der Waals surface area contributed by atoms with Crippen molar-refractivity contribution in [2.75, 3.05) is 0 Å². The normalized spacial score (nSPS) is 12.5. The Hall–Kier alpha value is -3.10. The second kappa shape index (κ2) is 7.95. The summed E-state index contributed by atoms with van der Waals surface area (Å²) in [6.07, 6.45) is -2.22. The second-order valence-electron chi connectivity index (χ2n) is 5.18. The van der Waals surface area contributed by atoms with Crippen molar-refractivity contribution < 1.29 is 24.9 Å². The highest BCUT2D eigenvalue weighted by atomic mass is 16.4. The molecule has 0 saturated carbocycles. The van der Waals surface area contributed by atoms with Crippen LogP contribution in [0.25, 0.3) is 11.1 Å². The standard InChI is InChI=1S/C19H16O5/c20-17(19(23)24)16(18(21)22)8-4-5-13-9-11-15(12-10-13)14-6-2-1-3-7-14/h1-3,6-7,9-12,16-17,20H,8H2,(H,21,22)(H,23,24)/t16-,17+/m1/s1. The average molecular weight is 324 g/mol. The van der Waals surface area contributed by atoms with Gasteiger partial charge in [-0.25, -0.2) is 4.79 Å². The number of aliphatic hydroxyl groups excluding tert-OH is 1. The van der Waals surface area contributed by atoms with Gasteiger partial charge in [-0.15, -0.1) is 0 Å². The van der Waals surface area contributed by atoms with Gasteiger partial charge in [0.1, 0.15) is 5.92 Å². The SMILES string of the molecule is O=C(O)[C@@H](O)[C@@H](CC#Cc1ccc(-c2ccccc2)cc1)C(=O)O. The number of aliphatic carboxylic acids is 2. The zero-order valence-electron chi connectivity index (χ0n) is 12.7. The number of carboxylic acids is 2. The van der Waals surface area contributed by atoms with E-state index in [4.69, 9.17) is 10.2 Å².